The van der Waals surface area contributed by atoms with E-state index < -0.39 is 27.8 Å². The summed E-state index contributed by atoms with van der Waals surface area (Å²) in [6, 6.07) is 5.65. The number of carbonyl (C=O) groups excluding carboxylic acids is 2. The second kappa shape index (κ2) is 8.05. The highest BCUT2D eigenvalue weighted by molar-refractivity contribution is 7.93. The van der Waals surface area contributed by atoms with Gasteiger partial charge in [0, 0.05) is 35.1 Å². The molecule has 2 atom stereocenters. The third-order valence-corrected chi connectivity index (χ3v) is 6.66. The minimum absolute atomic E-state index is 0.0287. The van der Waals surface area contributed by atoms with Gasteiger partial charge in [-0.05, 0) is 37.1 Å². The van der Waals surface area contributed by atoms with E-state index in [2.05, 4.69) is 15.0 Å². The summed E-state index contributed by atoms with van der Waals surface area (Å²) in [5.74, 6) is -3.02. The van der Waals surface area contributed by atoms with Crippen LogP contribution in [0.2, 0.25) is 0 Å². The Kier molecular flexibility index (Phi) is 5.76. The molecule has 3 rings (SSSR count). The Bertz CT molecular complexity index is 911. The fraction of sp³-hybridized carbons (Fsp3) is 0.353. The molecule has 10 heteroatoms. The number of aromatic nitrogens is 1. The fourth-order valence-corrected chi connectivity index (χ4v) is 4.92. The molecule has 144 valence electrons. The summed E-state index contributed by atoms with van der Waals surface area (Å²) in [6.45, 7) is 0. The van der Waals surface area contributed by atoms with Crippen molar-refractivity contribution in [2.45, 2.75) is 30.6 Å². The van der Waals surface area contributed by atoms with Gasteiger partial charge in [0.2, 0.25) is 5.91 Å². The zero-order valence-corrected chi connectivity index (χ0v) is 15.9. The summed E-state index contributed by atoms with van der Waals surface area (Å²) < 4.78 is 27.0. The highest BCUT2D eigenvalue weighted by atomic mass is 32.2. The van der Waals surface area contributed by atoms with Crippen molar-refractivity contribution >= 4 is 44.1 Å². The van der Waals surface area contributed by atoms with E-state index in [1.165, 1.54) is 30.5 Å². The van der Waals surface area contributed by atoms with Crippen LogP contribution in [0, 0.1) is 11.8 Å². The van der Waals surface area contributed by atoms with Gasteiger partial charge in [-0.15, -0.1) is 11.3 Å². The summed E-state index contributed by atoms with van der Waals surface area (Å²) >= 11 is 1.16. The number of anilines is 2. The second-order valence-corrected chi connectivity index (χ2v) is 8.85. The molecule has 8 nitrogen and oxygen atoms in total. The molecular formula is C17H18N3O5S2-. The molecule has 0 unspecified atom stereocenters. The van der Waals surface area contributed by atoms with Crippen LogP contribution in [0.5, 0.6) is 0 Å². The van der Waals surface area contributed by atoms with Crippen molar-refractivity contribution in [3.63, 3.8) is 0 Å². The van der Waals surface area contributed by atoms with Gasteiger partial charge in [0.05, 0.1) is 4.90 Å². The smallest absolute Gasteiger partial charge is 0.263 e. The van der Waals surface area contributed by atoms with E-state index in [0.29, 0.717) is 18.5 Å². The van der Waals surface area contributed by atoms with Crippen LogP contribution in [0.15, 0.2) is 40.7 Å². The van der Waals surface area contributed by atoms with Crippen molar-refractivity contribution < 1.29 is 23.1 Å². The first-order chi connectivity index (χ1) is 12.9. The predicted octanol–water partition coefficient (Wildman–Crippen LogP) is 1.44. The molecule has 1 aromatic heterocycles. The lowest BCUT2D eigenvalue weighted by molar-refractivity contribution is -0.313. The molecule has 1 aliphatic rings. The molecule has 1 saturated carbocycles. The number of nitrogens with one attached hydrogen (secondary N) is 2. The van der Waals surface area contributed by atoms with Gasteiger partial charge in [0.15, 0.2) is 5.13 Å². The lowest BCUT2D eigenvalue weighted by atomic mass is 9.78. The number of carbonyl (C=O) groups is 2. The Morgan fingerprint density at radius 3 is 2.37 bits per heavy atom. The molecule has 0 radical (unpaired) electrons. The third-order valence-electron chi connectivity index (χ3n) is 4.49. The predicted molar refractivity (Wildman–Crippen MR) is 98.4 cm³/mol. The van der Waals surface area contributed by atoms with E-state index in [1.807, 2.05) is 0 Å². The number of nitrogens with zero attached hydrogens (tertiary/aromatic N) is 1. The molecule has 1 fully saturated rings. The zero-order chi connectivity index (χ0) is 19.4. The van der Waals surface area contributed by atoms with Crippen LogP contribution in [0.4, 0.5) is 10.8 Å². The molecule has 0 saturated heterocycles. The molecule has 27 heavy (non-hydrogen) atoms. The molecule has 1 aromatic carbocycles. The third kappa shape index (κ3) is 4.64. The van der Waals surface area contributed by atoms with E-state index >= 15 is 0 Å². The molecule has 2 N–H and O–H groups in total. The number of rotatable bonds is 6. The molecule has 1 aliphatic carbocycles. The average molecular weight is 408 g/mol. The van der Waals surface area contributed by atoms with Crippen molar-refractivity contribution in [3.8, 4) is 0 Å². The van der Waals surface area contributed by atoms with E-state index in [-0.39, 0.29) is 15.9 Å². The quantitative estimate of drug-likeness (QED) is 0.744. The van der Waals surface area contributed by atoms with Gasteiger partial charge in [-0.1, -0.05) is 12.8 Å². The van der Waals surface area contributed by atoms with Gasteiger partial charge in [0.25, 0.3) is 10.0 Å². The lowest BCUT2D eigenvalue weighted by Gasteiger charge is -2.31. The first-order valence-electron chi connectivity index (χ1n) is 8.41. The Labute approximate surface area is 160 Å². The largest absolute Gasteiger partial charge is 0.550 e. The van der Waals surface area contributed by atoms with Gasteiger partial charge < -0.3 is 15.2 Å². The van der Waals surface area contributed by atoms with Gasteiger partial charge in [-0.25, -0.2) is 13.4 Å². The molecule has 2 aromatic rings. The van der Waals surface area contributed by atoms with Crippen molar-refractivity contribution in [3.05, 3.63) is 35.8 Å². The van der Waals surface area contributed by atoms with Gasteiger partial charge >= 0.3 is 0 Å². The number of hydrogen-bond acceptors (Lipinski definition) is 7. The first-order valence-corrected chi connectivity index (χ1v) is 10.8. The standard InChI is InChI=1S/C17H19N3O5S2/c21-15(13-3-1-2-4-14(13)16(22)23)19-11-5-7-12(8-6-11)27(24,25)20-17-18-9-10-26-17/h5-10,13-14H,1-4H2,(H,18,20)(H,19,21)(H,22,23)/p-1/t13-,14+/m1/s1. The minimum atomic E-state index is -3.77. The number of amides is 1. The van der Waals surface area contributed by atoms with Crippen molar-refractivity contribution in [2.75, 3.05) is 10.0 Å². The highest BCUT2D eigenvalue weighted by Crippen LogP contribution is 2.31. The lowest BCUT2D eigenvalue weighted by Crippen LogP contribution is -2.42. The first kappa shape index (κ1) is 19.3. The summed E-state index contributed by atoms with van der Waals surface area (Å²) in [7, 11) is -3.77. The number of thiazole rings is 1. The molecular weight excluding hydrogens is 390 g/mol. The molecule has 0 aliphatic heterocycles. The molecule has 0 spiro atoms. The maximum atomic E-state index is 12.4. The van der Waals surface area contributed by atoms with E-state index in [0.717, 1.165) is 24.2 Å². The molecule has 1 amide bonds. The fourth-order valence-electron chi connectivity index (χ4n) is 3.13. The Morgan fingerprint density at radius 2 is 1.78 bits per heavy atom. The van der Waals surface area contributed by atoms with Crippen LogP contribution in [0.3, 0.4) is 0 Å². The van der Waals surface area contributed by atoms with E-state index in [1.54, 1.807) is 5.38 Å². The Morgan fingerprint density at radius 1 is 1.11 bits per heavy atom. The summed E-state index contributed by atoms with van der Waals surface area (Å²) in [5.41, 5.74) is 0.399. The maximum Gasteiger partial charge on any atom is 0.263 e. The monoisotopic (exact) mass is 408 g/mol. The number of carboxylic acids is 1. The number of hydrogen-bond donors (Lipinski definition) is 2. The minimum Gasteiger partial charge on any atom is -0.550 e. The summed E-state index contributed by atoms with van der Waals surface area (Å²) in [5, 5.41) is 15.8. The van der Waals surface area contributed by atoms with Gasteiger partial charge in [-0.3, -0.25) is 9.52 Å². The van der Waals surface area contributed by atoms with Crippen LogP contribution in [0.1, 0.15) is 25.7 Å². The maximum absolute atomic E-state index is 12.4. The average Bonchev–Trinajstić information content (AvgIpc) is 3.14. The van der Waals surface area contributed by atoms with Crippen LogP contribution in [0.25, 0.3) is 0 Å². The van der Waals surface area contributed by atoms with E-state index in [9.17, 15) is 23.1 Å². The molecule has 1 heterocycles. The van der Waals surface area contributed by atoms with Crippen LogP contribution < -0.4 is 15.1 Å². The van der Waals surface area contributed by atoms with Crippen LogP contribution >= 0.6 is 11.3 Å². The number of sulfonamides is 1. The topological polar surface area (TPSA) is 128 Å². The number of benzene rings is 1. The van der Waals surface area contributed by atoms with Crippen molar-refractivity contribution in [1.29, 1.82) is 0 Å². The van der Waals surface area contributed by atoms with Crippen LogP contribution in [-0.4, -0.2) is 25.3 Å². The second-order valence-electron chi connectivity index (χ2n) is 6.27. The van der Waals surface area contributed by atoms with Crippen molar-refractivity contribution in [2.24, 2.45) is 11.8 Å². The number of aliphatic carboxylic acids is 1. The van der Waals surface area contributed by atoms with Crippen LogP contribution in [-0.2, 0) is 19.6 Å². The molecule has 0 bridgehead atoms. The zero-order valence-electron chi connectivity index (χ0n) is 14.3. The van der Waals surface area contributed by atoms with Gasteiger partial charge in [0.1, 0.15) is 0 Å². The van der Waals surface area contributed by atoms with Gasteiger partial charge in [-0.2, -0.15) is 0 Å². The summed E-state index contributed by atoms with van der Waals surface area (Å²) in [4.78, 5) is 27.6. The number of carboxylic acid groups (broad SMARTS) is 1. The normalized spacial score (nSPS) is 20.0. The highest BCUT2D eigenvalue weighted by Gasteiger charge is 2.31. The van der Waals surface area contributed by atoms with Crippen molar-refractivity contribution in [1.82, 2.24) is 4.98 Å². The Balaban J connectivity index is 1.68. The van der Waals surface area contributed by atoms with E-state index in [4.69, 9.17) is 0 Å². The summed E-state index contributed by atoms with van der Waals surface area (Å²) in [6.07, 6.45) is 3.98. The SMILES string of the molecule is O=C([O-])[C@H]1CCCC[C@H]1C(=O)Nc1ccc(S(=O)(=O)Nc2nccs2)cc1. The Hall–Kier alpha value is -2.46.